The summed E-state index contributed by atoms with van der Waals surface area (Å²) >= 11 is 0. The second-order valence-corrected chi connectivity index (χ2v) is 7.97. The number of rotatable bonds is 6. The van der Waals surface area contributed by atoms with Gasteiger partial charge < -0.3 is 20.9 Å². The van der Waals surface area contributed by atoms with Crippen molar-refractivity contribution in [2.24, 2.45) is 16.6 Å². The van der Waals surface area contributed by atoms with Crippen molar-refractivity contribution in [2.75, 3.05) is 13.2 Å². The van der Waals surface area contributed by atoms with Gasteiger partial charge in [-0.05, 0) is 18.8 Å². The number of nitrogens with two attached hydrogens (primary N) is 1. The van der Waals surface area contributed by atoms with Crippen molar-refractivity contribution in [1.29, 1.82) is 0 Å². The minimum absolute atomic E-state index is 0.0118. The second-order valence-electron chi connectivity index (χ2n) is 7.97. The zero-order valence-electron chi connectivity index (χ0n) is 14.3. The summed E-state index contributed by atoms with van der Waals surface area (Å²) < 4.78 is 5.62. The summed E-state index contributed by atoms with van der Waals surface area (Å²) in [5.41, 5.74) is 4.99. The maximum Gasteiger partial charge on any atom is 0.240 e. The van der Waals surface area contributed by atoms with Crippen molar-refractivity contribution in [3.05, 3.63) is 0 Å². The molecule has 1 aliphatic carbocycles. The van der Waals surface area contributed by atoms with Crippen LogP contribution in [0.25, 0.3) is 0 Å². The van der Waals surface area contributed by atoms with E-state index in [9.17, 15) is 9.90 Å². The lowest BCUT2D eigenvalue weighted by molar-refractivity contribution is -0.171. The molecule has 3 atom stereocenters. The van der Waals surface area contributed by atoms with Crippen molar-refractivity contribution < 1.29 is 14.6 Å². The number of hydrogen-bond donors (Lipinski definition) is 3. The molecule has 0 radical (unpaired) electrons. The third-order valence-electron chi connectivity index (χ3n) is 4.58. The fourth-order valence-electron chi connectivity index (χ4n) is 2.97. The van der Waals surface area contributed by atoms with Crippen molar-refractivity contribution in [2.45, 2.75) is 72.1 Å². The smallest absolute Gasteiger partial charge is 0.240 e. The van der Waals surface area contributed by atoms with Gasteiger partial charge in [0.1, 0.15) is 5.54 Å². The average Bonchev–Trinajstić information content (AvgIpc) is 2.33. The van der Waals surface area contributed by atoms with Crippen LogP contribution in [-0.2, 0) is 9.53 Å². The molecule has 124 valence electrons. The van der Waals surface area contributed by atoms with Crippen LogP contribution in [-0.4, -0.2) is 41.9 Å². The van der Waals surface area contributed by atoms with Crippen LogP contribution in [0.15, 0.2) is 0 Å². The Hall–Kier alpha value is -0.650. The highest BCUT2D eigenvalue weighted by molar-refractivity contribution is 5.88. The Balaban J connectivity index is 2.53. The number of carbonyl (C=O) groups is 1. The van der Waals surface area contributed by atoms with E-state index in [1.165, 1.54) is 0 Å². The summed E-state index contributed by atoms with van der Waals surface area (Å²) in [5.74, 6) is -0.198. The second kappa shape index (κ2) is 6.23. The predicted octanol–water partition coefficient (Wildman–Crippen LogP) is 1.43. The molecule has 0 heterocycles. The Bertz CT molecular complexity index is 376. The van der Waals surface area contributed by atoms with Gasteiger partial charge in [0.25, 0.3) is 0 Å². The van der Waals surface area contributed by atoms with Gasteiger partial charge in [0.2, 0.25) is 5.91 Å². The van der Waals surface area contributed by atoms with Crippen molar-refractivity contribution in [3.8, 4) is 0 Å². The van der Waals surface area contributed by atoms with Crippen LogP contribution in [0.5, 0.6) is 0 Å². The topological polar surface area (TPSA) is 84.6 Å². The van der Waals surface area contributed by atoms with E-state index in [2.05, 4.69) is 26.1 Å². The van der Waals surface area contributed by atoms with Crippen molar-refractivity contribution in [3.63, 3.8) is 0 Å². The van der Waals surface area contributed by atoms with Crippen LogP contribution >= 0.6 is 0 Å². The summed E-state index contributed by atoms with van der Waals surface area (Å²) in [4.78, 5) is 12.4. The molecule has 21 heavy (non-hydrogen) atoms. The first-order valence-corrected chi connectivity index (χ1v) is 7.81. The number of ether oxygens (including phenoxy) is 1. The van der Waals surface area contributed by atoms with Crippen LogP contribution in [0.4, 0.5) is 0 Å². The molecule has 0 saturated heterocycles. The maximum absolute atomic E-state index is 12.4. The number of nitrogens with one attached hydrogen (secondary N) is 1. The van der Waals surface area contributed by atoms with Crippen LogP contribution in [0, 0.1) is 10.8 Å². The Labute approximate surface area is 128 Å². The van der Waals surface area contributed by atoms with Gasteiger partial charge in [0, 0.05) is 25.0 Å². The molecule has 5 heteroatoms. The lowest BCUT2D eigenvalue weighted by Gasteiger charge is -2.57. The maximum atomic E-state index is 12.4. The molecule has 5 nitrogen and oxygen atoms in total. The highest BCUT2D eigenvalue weighted by atomic mass is 16.5. The summed E-state index contributed by atoms with van der Waals surface area (Å²) in [7, 11) is 0. The van der Waals surface area contributed by atoms with Gasteiger partial charge in [-0.25, -0.2) is 0 Å². The molecular weight excluding hydrogens is 268 g/mol. The third kappa shape index (κ3) is 3.96. The molecule has 0 aliphatic heterocycles. The fraction of sp³-hybridized carbons (Fsp3) is 0.938. The zero-order valence-corrected chi connectivity index (χ0v) is 14.3. The average molecular weight is 300 g/mol. The lowest BCUT2D eigenvalue weighted by Crippen LogP contribution is -2.76. The van der Waals surface area contributed by atoms with Gasteiger partial charge in [0.05, 0.1) is 12.2 Å². The van der Waals surface area contributed by atoms with E-state index in [-0.39, 0.29) is 24.0 Å². The van der Waals surface area contributed by atoms with Crippen LogP contribution < -0.4 is 11.1 Å². The fourth-order valence-corrected chi connectivity index (χ4v) is 2.97. The first-order valence-electron chi connectivity index (χ1n) is 7.81. The van der Waals surface area contributed by atoms with Crippen molar-refractivity contribution in [1.82, 2.24) is 5.32 Å². The number of carbonyl (C=O) groups excluding carboxylic acids is 1. The molecule has 0 bridgehead atoms. The van der Waals surface area contributed by atoms with Crippen molar-refractivity contribution >= 4 is 5.91 Å². The molecule has 1 rings (SSSR count). The Morgan fingerprint density at radius 1 is 1.48 bits per heavy atom. The largest absolute Gasteiger partial charge is 0.391 e. The van der Waals surface area contributed by atoms with Crippen LogP contribution in [0.1, 0.15) is 54.4 Å². The quantitative estimate of drug-likeness (QED) is 0.693. The van der Waals surface area contributed by atoms with E-state index in [1.54, 1.807) is 0 Å². The molecule has 1 saturated carbocycles. The van der Waals surface area contributed by atoms with Gasteiger partial charge in [-0.2, -0.15) is 0 Å². The minimum atomic E-state index is -0.922. The summed E-state index contributed by atoms with van der Waals surface area (Å²) in [6.45, 7) is 12.9. The van der Waals surface area contributed by atoms with E-state index in [4.69, 9.17) is 10.5 Å². The normalized spacial score (nSPS) is 29.6. The summed E-state index contributed by atoms with van der Waals surface area (Å²) in [5, 5.41) is 12.8. The lowest BCUT2D eigenvalue weighted by atomic mass is 9.54. The zero-order chi connectivity index (χ0) is 16.5. The standard InChI is InChI=1S/C16H32N2O3/c1-7-21-12-9-16(17,15(12,5)6)13(20)18-10-11(19)8-14(2,3)4/h11-12,19H,7-10,17H2,1-6H3,(H,18,20). The summed E-state index contributed by atoms with van der Waals surface area (Å²) in [6.07, 6.45) is 0.617. The Kier molecular flexibility index (Phi) is 5.45. The van der Waals surface area contributed by atoms with Gasteiger partial charge in [-0.15, -0.1) is 0 Å². The first kappa shape index (κ1) is 18.4. The molecule has 0 spiro atoms. The van der Waals surface area contributed by atoms with E-state index >= 15 is 0 Å². The third-order valence-corrected chi connectivity index (χ3v) is 4.58. The SMILES string of the molecule is CCOC1CC(N)(C(=O)NCC(O)CC(C)(C)C)C1(C)C. The predicted molar refractivity (Wildman–Crippen MR) is 83.8 cm³/mol. The molecule has 0 aromatic heterocycles. The number of aliphatic hydroxyl groups is 1. The van der Waals surface area contributed by atoms with E-state index in [0.717, 1.165) is 0 Å². The molecule has 1 amide bonds. The van der Waals surface area contributed by atoms with E-state index in [0.29, 0.717) is 19.4 Å². The summed E-state index contributed by atoms with van der Waals surface area (Å²) in [6, 6.07) is 0. The monoisotopic (exact) mass is 300 g/mol. The number of aliphatic hydroxyl groups excluding tert-OH is 1. The first-order chi connectivity index (χ1) is 9.44. The van der Waals surface area contributed by atoms with E-state index < -0.39 is 17.1 Å². The Morgan fingerprint density at radius 3 is 2.48 bits per heavy atom. The number of amides is 1. The molecule has 3 unspecified atom stereocenters. The molecule has 1 aliphatic rings. The van der Waals surface area contributed by atoms with Gasteiger partial charge in [-0.3, -0.25) is 4.79 Å². The van der Waals surface area contributed by atoms with Gasteiger partial charge in [0.15, 0.2) is 0 Å². The Morgan fingerprint density at radius 2 is 2.05 bits per heavy atom. The van der Waals surface area contributed by atoms with Gasteiger partial charge in [-0.1, -0.05) is 34.6 Å². The van der Waals surface area contributed by atoms with Gasteiger partial charge >= 0.3 is 0 Å². The van der Waals surface area contributed by atoms with Crippen LogP contribution in [0.2, 0.25) is 0 Å². The van der Waals surface area contributed by atoms with Crippen LogP contribution in [0.3, 0.4) is 0 Å². The molecule has 0 aromatic carbocycles. The molecule has 1 fully saturated rings. The highest BCUT2D eigenvalue weighted by Gasteiger charge is 2.62. The minimum Gasteiger partial charge on any atom is -0.391 e. The van der Waals surface area contributed by atoms with E-state index in [1.807, 2.05) is 20.8 Å². The number of hydrogen-bond acceptors (Lipinski definition) is 4. The molecule has 4 N–H and O–H groups in total. The molecule has 0 aromatic rings. The highest BCUT2D eigenvalue weighted by Crippen LogP contribution is 2.49. The molecular formula is C16H32N2O3.